The van der Waals surface area contributed by atoms with E-state index in [1.54, 1.807) is 16.7 Å². The number of benzene rings is 1. The highest BCUT2D eigenvalue weighted by molar-refractivity contribution is 7.99. The summed E-state index contributed by atoms with van der Waals surface area (Å²) in [5.74, 6) is -0.821. The number of rotatable bonds is 7. The van der Waals surface area contributed by atoms with Gasteiger partial charge >= 0.3 is 0 Å². The lowest BCUT2D eigenvalue weighted by Gasteiger charge is -2.15. The van der Waals surface area contributed by atoms with Gasteiger partial charge in [0.2, 0.25) is 0 Å². The molecule has 3 aromatic rings. The standard InChI is InChI=1S/C20H20N4O2S2/c1-12(2)9-24-19(26)14-6-4-5-7-16(14)23-20(24)28-11-17(25)15(8-21)18-22-13(3)10-27-18/h4-7,10,12,15H,9,11H2,1-3H3/t15-/m0/s1. The monoisotopic (exact) mass is 412 g/mol. The molecule has 144 valence electrons. The van der Waals surface area contributed by atoms with Gasteiger partial charge in [0.25, 0.3) is 5.56 Å². The fraction of sp³-hybridized carbons (Fsp3) is 0.350. The first-order chi connectivity index (χ1) is 13.4. The van der Waals surface area contributed by atoms with Crippen LogP contribution in [-0.2, 0) is 11.3 Å². The minimum absolute atomic E-state index is 0.0553. The van der Waals surface area contributed by atoms with E-state index >= 15 is 0 Å². The summed E-state index contributed by atoms with van der Waals surface area (Å²) in [6.07, 6.45) is 0. The van der Waals surface area contributed by atoms with Crippen molar-refractivity contribution in [2.24, 2.45) is 5.92 Å². The number of para-hydroxylation sites is 1. The predicted octanol–water partition coefficient (Wildman–Crippen LogP) is 3.79. The summed E-state index contributed by atoms with van der Waals surface area (Å²) in [6.45, 7) is 6.40. The number of thiazole rings is 1. The van der Waals surface area contributed by atoms with Crippen molar-refractivity contribution >= 4 is 39.8 Å². The number of hydrogen-bond donors (Lipinski definition) is 0. The van der Waals surface area contributed by atoms with E-state index in [-0.39, 0.29) is 23.0 Å². The lowest BCUT2D eigenvalue weighted by atomic mass is 10.1. The van der Waals surface area contributed by atoms with Gasteiger partial charge in [-0.25, -0.2) is 9.97 Å². The zero-order valence-corrected chi connectivity index (χ0v) is 17.5. The Morgan fingerprint density at radius 2 is 2.07 bits per heavy atom. The smallest absolute Gasteiger partial charge is 0.262 e. The number of nitriles is 1. The Morgan fingerprint density at radius 3 is 2.71 bits per heavy atom. The molecule has 0 bridgehead atoms. The number of ketones is 1. The van der Waals surface area contributed by atoms with Crippen molar-refractivity contribution in [2.75, 3.05) is 5.75 Å². The lowest BCUT2D eigenvalue weighted by Crippen LogP contribution is -2.26. The van der Waals surface area contributed by atoms with Crippen LogP contribution in [0.1, 0.15) is 30.5 Å². The van der Waals surface area contributed by atoms with Crippen molar-refractivity contribution in [3.63, 3.8) is 0 Å². The molecule has 1 aromatic carbocycles. The number of nitrogens with zero attached hydrogens (tertiary/aromatic N) is 4. The van der Waals surface area contributed by atoms with E-state index in [2.05, 4.69) is 16.0 Å². The van der Waals surface area contributed by atoms with Gasteiger partial charge in [-0.1, -0.05) is 37.7 Å². The van der Waals surface area contributed by atoms with Crippen LogP contribution in [-0.4, -0.2) is 26.1 Å². The first-order valence-electron chi connectivity index (χ1n) is 8.87. The number of carbonyl (C=O) groups is 1. The molecule has 0 unspecified atom stereocenters. The van der Waals surface area contributed by atoms with Crippen LogP contribution in [0.15, 0.2) is 39.6 Å². The topological polar surface area (TPSA) is 88.6 Å². The second-order valence-corrected chi connectivity index (χ2v) is 8.70. The third-order valence-corrected chi connectivity index (χ3v) is 6.08. The van der Waals surface area contributed by atoms with Gasteiger partial charge in [0.15, 0.2) is 16.9 Å². The molecule has 0 aliphatic rings. The quantitative estimate of drug-likeness (QED) is 0.433. The molecule has 0 aliphatic heterocycles. The van der Waals surface area contributed by atoms with Crippen LogP contribution < -0.4 is 5.56 Å². The van der Waals surface area contributed by atoms with E-state index in [0.29, 0.717) is 27.6 Å². The summed E-state index contributed by atoms with van der Waals surface area (Å²) in [6, 6.07) is 9.25. The Hall–Kier alpha value is -2.50. The summed E-state index contributed by atoms with van der Waals surface area (Å²) >= 11 is 2.51. The molecule has 1 atom stereocenters. The Labute approximate surface area is 171 Å². The van der Waals surface area contributed by atoms with E-state index in [0.717, 1.165) is 5.69 Å². The van der Waals surface area contributed by atoms with Crippen molar-refractivity contribution in [1.82, 2.24) is 14.5 Å². The minimum Gasteiger partial charge on any atom is -0.297 e. The van der Waals surface area contributed by atoms with Gasteiger partial charge in [0, 0.05) is 17.6 Å². The predicted molar refractivity (Wildman–Crippen MR) is 112 cm³/mol. The Balaban J connectivity index is 1.89. The van der Waals surface area contributed by atoms with Gasteiger partial charge in [-0.05, 0) is 25.0 Å². The molecule has 6 nitrogen and oxygen atoms in total. The highest BCUT2D eigenvalue weighted by atomic mass is 32.2. The summed E-state index contributed by atoms with van der Waals surface area (Å²) in [7, 11) is 0. The van der Waals surface area contributed by atoms with Gasteiger partial charge in [-0.2, -0.15) is 5.26 Å². The largest absolute Gasteiger partial charge is 0.297 e. The zero-order chi connectivity index (χ0) is 20.3. The van der Waals surface area contributed by atoms with Gasteiger partial charge < -0.3 is 0 Å². The molecular weight excluding hydrogens is 392 g/mol. The molecule has 8 heteroatoms. The highest BCUT2D eigenvalue weighted by Gasteiger charge is 2.24. The number of thioether (sulfide) groups is 1. The van der Waals surface area contributed by atoms with Gasteiger partial charge in [0.1, 0.15) is 5.01 Å². The van der Waals surface area contributed by atoms with Crippen LogP contribution in [0.2, 0.25) is 0 Å². The maximum absolute atomic E-state index is 12.9. The molecule has 0 spiro atoms. The SMILES string of the molecule is Cc1csc([C@@H](C#N)C(=O)CSc2nc3ccccc3c(=O)n2CC(C)C)n1. The van der Waals surface area contributed by atoms with Gasteiger partial charge in [-0.15, -0.1) is 11.3 Å². The normalized spacial score (nSPS) is 12.2. The van der Waals surface area contributed by atoms with Crippen molar-refractivity contribution in [2.45, 2.75) is 38.4 Å². The second-order valence-electron chi connectivity index (χ2n) is 6.87. The number of carbonyl (C=O) groups excluding carboxylic acids is 1. The molecule has 0 fully saturated rings. The average Bonchev–Trinajstić information content (AvgIpc) is 3.09. The first kappa shape index (κ1) is 20.2. The Morgan fingerprint density at radius 1 is 1.32 bits per heavy atom. The molecule has 0 radical (unpaired) electrons. The zero-order valence-electron chi connectivity index (χ0n) is 15.9. The molecular formula is C20H20N4O2S2. The Bertz CT molecular complexity index is 1110. The van der Waals surface area contributed by atoms with Crippen LogP contribution in [0.5, 0.6) is 0 Å². The highest BCUT2D eigenvalue weighted by Crippen LogP contribution is 2.25. The fourth-order valence-electron chi connectivity index (χ4n) is 2.77. The fourth-order valence-corrected chi connectivity index (χ4v) is 4.55. The van der Waals surface area contributed by atoms with Crippen LogP contribution in [0.4, 0.5) is 0 Å². The van der Waals surface area contributed by atoms with E-state index in [9.17, 15) is 14.9 Å². The van der Waals surface area contributed by atoms with Crippen molar-refractivity contribution in [3.05, 3.63) is 50.7 Å². The van der Waals surface area contributed by atoms with Crippen molar-refractivity contribution in [1.29, 1.82) is 5.26 Å². The van der Waals surface area contributed by atoms with E-state index in [1.807, 2.05) is 38.3 Å². The molecule has 0 saturated carbocycles. The number of Topliss-reactive ketones (excluding diaryl/α,β-unsaturated/α-hetero) is 1. The van der Waals surface area contributed by atoms with E-state index in [1.165, 1.54) is 23.1 Å². The lowest BCUT2D eigenvalue weighted by molar-refractivity contribution is -0.116. The third-order valence-electron chi connectivity index (χ3n) is 4.05. The molecule has 2 aromatic heterocycles. The molecule has 2 heterocycles. The number of fused-ring (bicyclic) bond motifs is 1. The van der Waals surface area contributed by atoms with E-state index < -0.39 is 5.92 Å². The van der Waals surface area contributed by atoms with E-state index in [4.69, 9.17) is 0 Å². The van der Waals surface area contributed by atoms with Crippen molar-refractivity contribution in [3.8, 4) is 6.07 Å². The Kier molecular flexibility index (Phi) is 6.27. The maximum atomic E-state index is 12.9. The molecule has 0 aliphatic carbocycles. The van der Waals surface area contributed by atoms with Crippen LogP contribution in [0.25, 0.3) is 10.9 Å². The minimum atomic E-state index is -0.892. The molecule has 0 N–H and O–H groups in total. The molecule has 0 amide bonds. The molecule has 28 heavy (non-hydrogen) atoms. The maximum Gasteiger partial charge on any atom is 0.262 e. The molecule has 3 rings (SSSR count). The summed E-state index contributed by atoms with van der Waals surface area (Å²) < 4.78 is 1.62. The van der Waals surface area contributed by atoms with Crippen LogP contribution in [0.3, 0.4) is 0 Å². The van der Waals surface area contributed by atoms with Gasteiger partial charge in [-0.3, -0.25) is 14.2 Å². The van der Waals surface area contributed by atoms with Gasteiger partial charge in [0.05, 0.1) is 22.7 Å². The summed E-state index contributed by atoms with van der Waals surface area (Å²) in [5, 5.41) is 12.8. The summed E-state index contributed by atoms with van der Waals surface area (Å²) in [4.78, 5) is 34.4. The number of aromatic nitrogens is 3. The van der Waals surface area contributed by atoms with Crippen LogP contribution >= 0.6 is 23.1 Å². The summed E-state index contributed by atoms with van der Waals surface area (Å²) in [5.41, 5.74) is 1.29. The molecule has 0 saturated heterocycles. The number of aryl methyl sites for hydroxylation is 1. The first-order valence-corrected chi connectivity index (χ1v) is 10.7. The number of hydrogen-bond acceptors (Lipinski definition) is 7. The average molecular weight is 413 g/mol. The second kappa shape index (κ2) is 8.67. The van der Waals surface area contributed by atoms with Crippen molar-refractivity contribution < 1.29 is 4.79 Å². The van der Waals surface area contributed by atoms with Crippen LogP contribution in [0, 0.1) is 24.2 Å². The third kappa shape index (κ3) is 4.32.